The van der Waals surface area contributed by atoms with Crippen LogP contribution in [-0.2, 0) is 4.79 Å². The number of aromatic amines is 1. The third-order valence-corrected chi connectivity index (χ3v) is 6.90. The average molecular weight is 499 g/mol. The molecule has 0 saturated carbocycles. The number of imide groups is 1. The molecule has 3 N–H and O–H groups in total. The van der Waals surface area contributed by atoms with Crippen molar-refractivity contribution in [3.63, 3.8) is 0 Å². The molecule has 1 saturated heterocycles. The standard InChI is InChI=1S/C28H27N5O4/c29-28(36)33(16-12-23(13-17-33)37-25-8-4-5-14-31-25)26(34)19-32(22-6-2-1-3-7-22)27(35)21-10-9-20-11-15-30-24(20)18-21/h1-11,14-15,18,23H,12-13,16-17,19H2,(H2-,29,30,35,36)/p+1. The summed E-state index contributed by atoms with van der Waals surface area (Å²) in [4.78, 5) is 48.8. The van der Waals surface area contributed by atoms with E-state index in [9.17, 15) is 14.4 Å². The number of H-pyrrole nitrogens is 1. The predicted molar refractivity (Wildman–Crippen MR) is 139 cm³/mol. The number of hydrogen-bond acceptors (Lipinski definition) is 5. The molecule has 1 aliphatic rings. The van der Waals surface area contributed by atoms with E-state index in [0.717, 1.165) is 10.9 Å². The number of fused-ring (bicyclic) bond motifs is 1. The van der Waals surface area contributed by atoms with Gasteiger partial charge in [0.1, 0.15) is 12.6 Å². The summed E-state index contributed by atoms with van der Waals surface area (Å²) in [7, 11) is 0. The van der Waals surface area contributed by atoms with Crippen molar-refractivity contribution in [3.8, 4) is 5.88 Å². The maximum atomic E-state index is 13.7. The Hall–Kier alpha value is -4.50. The van der Waals surface area contributed by atoms with Gasteiger partial charge in [-0.2, -0.15) is 4.48 Å². The number of carbonyl (C=O) groups excluding carboxylic acids is 3. The molecule has 1 aliphatic heterocycles. The molecule has 1 fully saturated rings. The number of para-hydroxylation sites is 1. The van der Waals surface area contributed by atoms with Crippen LogP contribution in [0, 0.1) is 0 Å². The van der Waals surface area contributed by atoms with Crippen LogP contribution in [0.4, 0.5) is 10.5 Å². The van der Waals surface area contributed by atoms with Gasteiger partial charge in [0.05, 0.1) is 13.1 Å². The Kier molecular flexibility index (Phi) is 6.70. The summed E-state index contributed by atoms with van der Waals surface area (Å²) in [5.41, 5.74) is 7.61. The number of nitrogens with one attached hydrogen (secondary N) is 1. The van der Waals surface area contributed by atoms with Crippen LogP contribution in [0.3, 0.4) is 0 Å². The van der Waals surface area contributed by atoms with Crippen LogP contribution in [0.1, 0.15) is 23.2 Å². The van der Waals surface area contributed by atoms with Gasteiger partial charge in [-0.05, 0) is 41.8 Å². The zero-order chi connectivity index (χ0) is 25.8. The van der Waals surface area contributed by atoms with E-state index in [1.165, 1.54) is 4.90 Å². The number of anilines is 1. The summed E-state index contributed by atoms with van der Waals surface area (Å²) in [6, 6.07) is 20.9. The lowest BCUT2D eigenvalue weighted by atomic mass is 10.0. The van der Waals surface area contributed by atoms with Crippen LogP contribution in [0.5, 0.6) is 5.88 Å². The smallest absolute Gasteiger partial charge is 0.421 e. The second-order valence-electron chi connectivity index (χ2n) is 9.14. The van der Waals surface area contributed by atoms with Crippen molar-refractivity contribution in [2.45, 2.75) is 18.9 Å². The number of aromatic nitrogens is 2. The number of amides is 4. The van der Waals surface area contributed by atoms with E-state index in [1.807, 2.05) is 24.3 Å². The van der Waals surface area contributed by atoms with E-state index in [-0.39, 0.29) is 31.6 Å². The molecular weight excluding hydrogens is 470 g/mol. The number of quaternary nitrogens is 1. The SMILES string of the molecule is NC(=O)[N+]1(C(=O)CN(C(=O)c2ccc3cc[nH]c3c2)c2ccccc2)CCC(Oc2ccccn2)CC1. The highest BCUT2D eigenvalue weighted by molar-refractivity contribution is 6.10. The first kappa shape index (κ1) is 24.2. The van der Waals surface area contributed by atoms with Crippen molar-refractivity contribution < 1.29 is 23.6 Å². The number of pyridine rings is 1. The van der Waals surface area contributed by atoms with Crippen molar-refractivity contribution in [2.75, 3.05) is 24.5 Å². The Morgan fingerprint density at radius 3 is 2.46 bits per heavy atom. The summed E-state index contributed by atoms with van der Waals surface area (Å²) in [6.07, 6.45) is 4.17. The van der Waals surface area contributed by atoms with Crippen LogP contribution in [0.25, 0.3) is 10.9 Å². The number of ether oxygens (including phenoxy) is 1. The number of piperidine rings is 1. The van der Waals surface area contributed by atoms with E-state index >= 15 is 0 Å². The number of benzene rings is 2. The second-order valence-corrected chi connectivity index (χ2v) is 9.14. The summed E-state index contributed by atoms with van der Waals surface area (Å²) in [6.45, 7) is 0.0914. The van der Waals surface area contributed by atoms with Crippen molar-refractivity contribution in [3.05, 3.63) is 90.8 Å². The van der Waals surface area contributed by atoms with Crippen LogP contribution < -0.4 is 15.4 Å². The lowest BCUT2D eigenvalue weighted by Gasteiger charge is -2.38. The molecule has 5 rings (SSSR count). The van der Waals surface area contributed by atoms with Crippen LogP contribution in [-0.4, -0.2) is 58.0 Å². The number of nitrogens with zero attached hydrogens (tertiary/aromatic N) is 3. The summed E-state index contributed by atoms with van der Waals surface area (Å²) < 4.78 is 5.40. The molecule has 0 bridgehead atoms. The third kappa shape index (κ3) is 4.94. The first-order valence-electron chi connectivity index (χ1n) is 12.2. The van der Waals surface area contributed by atoms with Gasteiger partial charge in [0.2, 0.25) is 5.88 Å². The molecule has 3 heterocycles. The molecule has 0 spiro atoms. The van der Waals surface area contributed by atoms with Crippen LogP contribution in [0.15, 0.2) is 85.2 Å². The number of urea groups is 1. The fraction of sp³-hybridized carbons (Fsp3) is 0.214. The highest BCUT2D eigenvalue weighted by Gasteiger charge is 2.47. The third-order valence-electron chi connectivity index (χ3n) is 6.90. The number of likely N-dealkylation sites (tertiary alicyclic amines) is 1. The average Bonchev–Trinajstić information content (AvgIpc) is 3.41. The van der Waals surface area contributed by atoms with Gasteiger partial charge in [0, 0.05) is 48.1 Å². The maximum absolute atomic E-state index is 13.7. The van der Waals surface area contributed by atoms with Gasteiger partial charge in [-0.3, -0.25) is 9.69 Å². The monoisotopic (exact) mass is 498 g/mol. The molecule has 37 heavy (non-hydrogen) atoms. The van der Waals surface area contributed by atoms with Crippen molar-refractivity contribution in [1.29, 1.82) is 0 Å². The Morgan fingerprint density at radius 1 is 1.00 bits per heavy atom. The minimum atomic E-state index is -0.727. The number of primary amides is 1. The second kappa shape index (κ2) is 10.2. The van der Waals surface area contributed by atoms with Gasteiger partial charge < -0.3 is 15.5 Å². The quantitative estimate of drug-likeness (QED) is 0.391. The highest BCUT2D eigenvalue weighted by Crippen LogP contribution is 2.26. The first-order chi connectivity index (χ1) is 18.0. The molecular formula is C28H28N5O4+. The molecule has 0 radical (unpaired) electrons. The fourth-order valence-electron chi connectivity index (χ4n) is 4.78. The Bertz CT molecular complexity index is 1410. The summed E-state index contributed by atoms with van der Waals surface area (Å²) >= 11 is 0. The van der Waals surface area contributed by atoms with E-state index < -0.39 is 16.4 Å². The lowest BCUT2D eigenvalue weighted by Crippen LogP contribution is -2.66. The van der Waals surface area contributed by atoms with E-state index in [0.29, 0.717) is 30.0 Å². The van der Waals surface area contributed by atoms with Crippen LogP contribution >= 0.6 is 0 Å². The number of hydrogen-bond donors (Lipinski definition) is 2. The van der Waals surface area contributed by atoms with Gasteiger partial charge in [0.25, 0.3) is 5.91 Å². The highest BCUT2D eigenvalue weighted by atomic mass is 16.5. The summed E-state index contributed by atoms with van der Waals surface area (Å²) in [5.74, 6) is -0.272. The van der Waals surface area contributed by atoms with Crippen LogP contribution in [0.2, 0.25) is 0 Å². The van der Waals surface area contributed by atoms with Gasteiger partial charge in [-0.15, -0.1) is 0 Å². The molecule has 4 amide bonds. The molecule has 0 unspecified atom stereocenters. The van der Waals surface area contributed by atoms with E-state index in [2.05, 4.69) is 9.97 Å². The van der Waals surface area contributed by atoms with Crippen molar-refractivity contribution in [2.24, 2.45) is 5.73 Å². The number of rotatable bonds is 6. The van der Waals surface area contributed by atoms with Gasteiger partial charge >= 0.3 is 11.9 Å². The Balaban J connectivity index is 1.37. The zero-order valence-corrected chi connectivity index (χ0v) is 20.2. The predicted octanol–water partition coefficient (Wildman–Crippen LogP) is 3.87. The van der Waals surface area contributed by atoms with Crippen molar-refractivity contribution >= 4 is 34.4 Å². The first-order valence-corrected chi connectivity index (χ1v) is 12.2. The van der Waals surface area contributed by atoms with Gasteiger partial charge in [-0.1, -0.05) is 30.3 Å². The molecule has 2 aromatic heterocycles. The largest absolute Gasteiger partial charge is 0.474 e. The zero-order valence-electron chi connectivity index (χ0n) is 20.2. The lowest BCUT2D eigenvalue weighted by molar-refractivity contribution is -0.779. The molecule has 0 aliphatic carbocycles. The Morgan fingerprint density at radius 2 is 1.76 bits per heavy atom. The fourth-order valence-corrected chi connectivity index (χ4v) is 4.78. The molecule has 9 nitrogen and oxygen atoms in total. The van der Waals surface area contributed by atoms with Gasteiger partial charge in [-0.25, -0.2) is 14.6 Å². The number of nitrogens with two attached hydrogens (primary N) is 1. The number of carbonyl (C=O) groups is 3. The molecule has 4 aromatic rings. The van der Waals surface area contributed by atoms with E-state index in [4.69, 9.17) is 10.5 Å². The minimum absolute atomic E-state index is 0.187. The molecule has 0 atom stereocenters. The normalized spacial score (nSPS) is 19.3. The minimum Gasteiger partial charge on any atom is -0.474 e. The maximum Gasteiger partial charge on any atom is 0.421 e. The Labute approximate surface area is 214 Å². The molecule has 2 aromatic carbocycles. The van der Waals surface area contributed by atoms with E-state index in [1.54, 1.807) is 60.9 Å². The molecule has 188 valence electrons. The molecule has 9 heteroatoms. The van der Waals surface area contributed by atoms with Gasteiger partial charge in [0.15, 0.2) is 0 Å². The summed E-state index contributed by atoms with van der Waals surface area (Å²) in [5, 5.41) is 0.980. The topological polar surface area (TPSA) is 118 Å². The van der Waals surface area contributed by atoms with Crippen molar-refractivity contribution in [1.82, 2.24) is 9.97 Å².